The van der Waals surface area contributed by atoms with E-state index in [1.165, 1.54) is 19.3 Å². The Hall–Kier alpha value is -2.23. The third kappa shape index (κ3) is 6.62. The summed E-state index contributed by atoms with van der Waals surface area (Å²) in [5, 5.41) is 11.6. The summed E-state index contributed by atoms with van der Waals surface area (Å²) in [5.74, 6) is -1.97. The number of hydroxylamine groups is 1. The number of alkyl halides is 1. The molecule has 0 radical (unpaired) electrons. The van der Waals surface area contributed by atoms with Crippen molar-refractivity contribution in [2.75, 3.05) is 13.2 Å². The molecule has 0 aromatic heterocycles. The van der Waals surface area contributed by atoms with Crippen LogP contribution in [0.2, 0.25) is 0 Å². The number of esters is 1. The number of carbonyl (C=O) groups excluding carboxylic acids is 4. The van der Waals surface area contributed by atoms with Crippen molar-refractivity contribution in [3.63, 3.8) is 0 Å². The summed E-state index contributed by atoms with van der Waals surface area (Å²) >= 11 is 0. The van der Waals surface area contributed by atoms with E-state index in [-0.39, 0.29) is 25.5 Å². The van der Waals surface area contributed by atoms with Crippen LogP contribution in [-0.4, -0.2) is 65.2 Å². The Kier molecular flexibility index (Phi) is 7.67. The first kappa shape index (κ1) is 25.0. The standard InChI is InChI=1S/C21H34FN3O6/c1-20(2,3)18(28)23-14(8-12-6-7-12)17(27)31-11-21(4,5)19(29)25-10-13(22)9-15(25)16(26)24-30/h12-15,30H,6-11H2,1-5H3,(H,23,28)(H,24,26)/t13-,14+,15+/m1/s1. The van der Waals surface area contributed by atoms with E-state index >= 15 is 0 Å². The maximum atomic E-state index is 13.9. The molecule has 0 unspecified atom stereocenters. The van der Waals surface area contributed by atoms with E-state index in [0.29, 0.717) is 12.3 Å². The molecule has 1 aliphatic heterocycles. The van der Waals surface area contributed by atoms with E-state index < -0.39 is 46.9 Å². The number of nitrogens with zero attached hydrogens (tertiary/aromatic N) is 1. The second kappa shape index (κ2) is 9.50. The highest BCUT2D eigenvalue weighted by molar-refractivity contribution is 5.91. The molecule has 3 N–H and O–H groups in total. The maximum Gasteiger partial charge on any atom is 0.328 e. The van der Waals surface area contributed by atoms with Crippen LogP contribution in [0.1, 0.15) is 60.3 Å². The zero-order valence-electron chi connectivity index (χ0n) is 18.9. The van der Waals surface area contributed by atoms with E-state index in [1.807, 2.05) is 0 Å². The number of carbonyl (C=O) groups is 4. The van der Waals surface area contributed by atoms with Gasteiger partial charge in [0.15, 0.2) is 0 Å². The van der Waals surface area contributed by atoms with Crippen LogP contribution in [-0.2, 0) is 23.9 Å². The van der Waals surface area contributed by atoms with Gasteiger partial charge in [-0.05, 0) is 26.2 Å². The molecule has 9 nitrogen and oxygen atoms in total. The molecule has 3 amide bonds. The monoisotopic (exact) mass is 443 g/mol. The van der Waals surface area contributed by atoms with Crippen molar-refractivity contribution in [2.45, 2.75) is 78.6 Å². The minimum absolute atomic E-state index is 0.212. The summed E-state index contributed by atoms with van der Waals surface area (Å²) in [6.45, 7) is 7.74. The van der Waals surface area contributed by atoms with Crippen molar-refractivity contribution >= 4 is 23.7 Å². The van der Waals surface area contributed by atoms with E-state index in [1.54, 1.807) is 20.8 Å². The Morgan fingerprint density at radius 3 is 2.29 bits per heavy atom. The summed E-state index contributed by atoms with van der Waals surface area (Å²) in [4.78, 5) is 50.9. The van der Waals surface area contributed by atoms with E-state index in [4.69, 9.17) is 9.94 Å². The fraction of sp³-hybridized carbons (Fsp3) is 0.810. The highest BCUT2D eigenvalue weighted by atomic mass is 19.1. The zero-order chi connectivity index (χ0) is 23.6. The van der Waals surface area contributed by atoms with Gasteiger partial charge >= 0.3 is 5.97 Å². The molecule has 1 heterocycles. The Labute approximate surface area is 182 Å². The number of nitrogens with one attached hydrogen (secondary N) is 2. The van der Waals surface area contributed by atoms with Crippen molar-refractivity contribution in [3.8, 4) is 0 Å². The van der Waals surface area contributed by atoms with Gasteiger partial charge in [0, 0.05) is 11.8 Å². The second-order valence-electron chi connectivity index (χ2n) is 10.2. The molecule has 0 spiro atoms. The van der Waals surface area contributed by atoms with Crippen molar-refractivity contribution < 1.29 is 33.5 Å². The first-order chi connectivity index (χ1) is 14.3. The number of ether oxygens (including phenoxy) is 1. The lowest BCUT2D eigenvalue weighted by Crippen LogP contribution is -2.51. The van der Waals surface area contributed by atoms with Crippen LogP contribution in [0.15, 0.2) is 0 Å². The summed E-state index contributed by atoms with van der Waals surface area (Å²) in [6.07, 6.45) is 0.861. The van der Waals surface area contributed by atoms with Crippen molar-refractivity contribution in [1.82, 2.24) is 15.7 Å². The average Bonchev–Trinajstić information content (AvgIpc) is 3.42. The molecule has 176 valence electrons. The molecule has 10 heteroatoms. The Bertz CT molecular complexity index is 716. The molecule has 1 saturated carbocycles. The van der Waals surface area contributed by atoms with Crippen LogP contribution in [0.25, 0.3) is 0 Å². The SMILES string of the molecule is CC(C)(C)C(=O)N[C@@H](CC1CC1)C(=O)OCC(C)(C)C(=O)N1C[C@H](F)C[C@H]1C(=O)NO. The predicted octanol–water partition coefficient (Wildman–Crippen LogP) is 1.33. The van der Waals surface area contributed by atoms with Gasteiger partial charge in [0.05, 0.1) is 12.0 Å². The molecule has 1 saturated heterocycles. The van der Waals surface area contributed by atoms with Gasteiger partial charge in [0.1, 0.15) is 24.9 Å². The molecule has 0 aromatic rings. The zero-order valence-corrected chi connectivity index (χ0v) is 18.9. The third-order valence-corrected chi connectivity index (χ3v) is 5.61. The third-order valence-electron chi connectivity index (χ3n) is 5.61. The van der Waals surface area contributed by atoms with Gasteiger partial charge in [-0.15, -0.1) is 0 Å². The molecular formula is C21H34FN3O6. The summed E-state index contributed by atoms with van der Waals surface area (Å²) in [7, 11) is 0. The first-order valence-corrected chi connectivity index (χ1v) is 10.6. The lowest BCUT2D eigenvalue weighted by Gasteiger charge is -2.32. The summed E-state index contributed by atoms with van der Waals surface area (Å²) < 4.78 is 19.2. The molecule has 2 aliphatic rings. The van der Waals surface area contributed by atoms with Gasteiger partial charge in [-0.2, -0.15) is 0 Å². The largest absolute Gasteiger partial charge is 0.463 e. The molecule has 3 atom stereocenters. The van der Waals surface area contributed by atoms with Crippen LogP contribution in [0, 0.1) is 16.7 Å². The van der Waals surface area contributed by atoms with Crippen LogP contribution < -0.4 is 10.8 Å². The highest BCUT2D eigenvalue weighted by Crippen LogP contribution is 2.34. The van der Waals surface area contributed by atoms with Crippen LogP contribution in [0.5, 0.6) is 0 Å². The number of hydrogen-bond donors (Lipinski definition) is 3. The topological polar surface area (TPSA) is 125 Å². The minimum Gasteiger partial charge on any atom is -0.463 e. The van der Waals surface area contributed by atoms with Crippen molar-refractivity contribution in [3.05, 3.63) is 0 Å². The quantitative estimate of drug-likeness (QED) is 0.295. The van der Waals surface area contributed by atoms with Gasteiger partial charge in [-0.25, -0.2) is 14.7 Å². The normalized spacial score (nSPS) is 22.6. The van der Waals surface area contributed by atoms with Gasteiger partial charge < -0.3 is 15.0 Å². The van der Waals surface area contributed by atoms with Crippen molar-refractivity contribution in [1.29, 1.82) is 0 Å². The van der Waals surface area contributed by atoms with E-state index in [0.717, 1.165) is 17.7 Å². The maximum absolute atomic E-state index is 13.9. The number of halogens is 1. The molecule has 2 rings (SSSR count). The Morgan fingerprint density at radius 2 is 1.77 bits per heavy atom. The Balaban J connectivity index is 2.02. The number of likely N-dealkylation sites (tertiary alicyclic amines) is 1. The lowest BCUT2D eigenvalue weighted by atomic mass is 9.92. The summed E-state index contributed by atoms with van der Waals surface area (Å²) in [6, 6.07) is -1.93. The van der Waals surface area contributed by atoms with Gasteiger partial charge in [0.25, 0.3) is 5.91 Å². The van der Waals surface area contributed by atoms with Crippen LogP contribution in [0.4, 0.5) is 4.39 Å². The fourth-order valence-corrected chi connectivity index (χ4v) is 3.41. The molecule has 0 aromatic carbocycles. The molecular weight excluding hydrogens is 409 g/mol. The van der Waals surface area contributed by atoms with Crippen LogP contribution in [0.3, 0.4) is 0 Å². The van der Waals surface area contributed by atoms with Crippen LogP contribution >= 0.6 is 0 Å². The lowest BCUT2D eigenvalue weighted by molar-refractivity contribution is -0.158. The molecule has 31 heavy (non-hydrogen) atoms. The number of hydrogen-bond acceptors (Lipinski definition) is 6. The molecule has 2 fully saturated rings. The Morgan fingerprint density at radius 1 is 1.16 bits per heavy atom. The average molecular weight is 444 g/mol. The first-order valence-electron chi connectivity index (χ1n) is 10.6. The fourth-order valence-electron chi connectivity index (χ4n) is 3.41. The minimum atomic E-state index is -1.39. The molecule has 0 bridgehead atoms. The predicted molar refractivity (Wildman–Crippen MR) is 108 cm³/mol. The van der Waals surface area contributed by atoms with E-state index in [2.05, 4.69) is 5.32 Å². The molecule has 1 aliphatic carbocycles. The smallest absolute Gasteiger partial charge is 0.328 e. The highest BCUT2D eigenvalue weighted by Gasteiger charge is 2.45. The summed E-state index contributed by atoms with van der Waals surface area (Å²) in [5.41, 5.74) is -0.440. The number of rotatable bonds is 8. The van der Waals surface area contributed by atoms with Gasteiger partial charge in [-0.1, -0.05) is 33.6 Å². The van der Waals surface area contributed by atoms with Crippen molar-refractivity contribution in [2.24, 2.45) is 16.7 Å². The number of amides is 3. The van der Waals surface area contributed by atoms with E-state index in [9.17, 15) is 23.6 Å². The van der Waals surface area contributed by atoms with Gasteiger partial charge in [0.2, 0.25) is 11.8 Å². The second-order valence-corrected chi connectivity index (χ2v) is 10.2. The van der Waals surface area contributed by atoms with Gasteiger partial charge in [-0.3, -0.25) is 19.6 Å².